The topological polar surface area (TPSA) is 86.5 Å². The molecule has 0 unspecified atom stereocenters. The highest BCUT2D eigenvalue weighted by atomic mass is 14.9. The van der Waals surface area contributed by atoms with Crippen molar-refractivity contribution < 1.29 is 0 Å². The summed E-state index contributed by atoms with van der Waals surface area (Å²) in [6.45, 7) is 5.81. The SMILES string of the molecule is CC1=C(C#N)c2nc(N)c(C#N)c(C)c2C1=Cc1ccccc1C. The normalized spacial score (nSPS) is 14.5. The van der Waals surface area contributed by atoms with E-state index in [0.29, 0.717) is 16.8 Å². The van der Waals surface area contributed by atoms with Gasteiger partial charge in [-0.15, -0.1) is 0 Å². The minimum Gasteiger partial charge on any atom is -0.383 e. The molecular weight excluding hydrogens is 296 g/mol. The molecule has 0 bridgehead atoms. The number of aromatic nitrogens is 1. The Morgan fingerprint density at radius 2 is 1.79 bits per heavy atom. The summed E-state index contributed by atoms with van der Waals surface area (Å²) in [6.07, 6.45) is 2.06. The summed E-state index contributed by atoms with van der Waals surface area (Å²) < 4.78 is 0. The van der Waals surface area contributed by atoms with Gasteiger partial charge in [0.1, 0.15) is 18.0 Å². The fourth-order valence-corrected chi connectivity index (χ4v) is 3.10. The van der Waals surface area contributed by atoms with Crippen molar-refractivity contribution in [3.05, 3.63) is 63.3 Å². The van der Waals surface area contributed by atoms with Crippen molar-refractivity contribution in [1.82, 2.24) is 4.98 Å². The largest absolute Gasteiger partial charge is 0.383 e. The van der Waals surface area contributed by atoms with E-state index >= 15 is 0 Å². The predicted octanol–water partition coefficient (Wildman–Crippen LogP) is 4.00. The molecule has 0 saturated heterocycles. The van der Waals surface area contributed by atoms with Gasteiger partial charge in [0, 0.05) is 5.56 Å². The van der Waals surface area contributed by atoms with Crippen molar-refractivity contribution in [3.8, 4) is 12.1 Å². The van der Waals surface area contributed by atoms with Crippen LogP contribution in [0.4, 0.5) is 5.82 Å². The third-order valence-electron chi connectivity index (χ3n) is 4.47. The Morgan fingerprint density at radius 3 is 2.42 bits per heavy atom. The summed E-state index contributed by atoms with van der Waals surface area (Å²) in [6, 6.07) is 12.4. The third-order valence-corrected chi connectivity index (χ3v) is 4.47. The van der Waals surface area contributed by atoms with E-state index in [0.717, 1.165) is 33.4 Å². The van der Waals surface area contributed by atoms with Crippen molar-refractivity contribution >= 4 is 23.0 Å². The molecule has 2 aromatic rings. The number of nitrogens with two attached hydrogens (primary N) is 1. The first-order valence-electron chi connectivity index (χ1n) is 7.59. The second-order valence-electron chi connectivity index (χ2n) is 5.86. The Kier molecular flexibility index (Phi) is 3.67. The van der Waals surface area contributed by atoms with Crippen molar-refractivity contribution in [3.63, 3.8) is 0 Å². The highest BCUT2D eigenvalue weighted by Crippen LogP contribution is 2.44. The van der Waals surface area contributed by atoms with E-state index < -0.39 is 0 Å². The Labute approximate surface area is 141 Å². The van der Waals surface area contributed by atoms with Crippen LogP contribution in [0.3, 0.4) is 0 Å². The summed E-state index contributed by atoms with van der Waals surface area (Å²) in [7, 11) is 0. The number of pyridine rings is 1. The monoisotopic (exact) mass is 312 g/mol. The minimum atomic E-state index is 0.173. The number of nitrogen functional groups attached to an aromatic ring is 1. The molecule has 0 radical (unpaired) electrons. The fraction of sp³-hybridized carbons (Fsp3) is 0.150. The van der Waals surface area contributed by atoms with Crippen LogP contribution in [-0.4, -0.2) is 4.98 Å². The lowest BCUT2D eigenvalue weighted by molar-refractivity contribution is 1.22. The number of hydrogen-bond acceptors (Lipinski definition) is 4. The van der Waals surface area contributed by atoms with Crippen LogP contribution in [-0.2, 0) is 0 Å². The first-order valence-corrected chi connectivity index (χ1v) is 7.59. The first kappa shape index (κ1) is 15.5. The van der Waals surface area contributed by atoms with Gasteiger partial charge in [0.05, 0.1) is 16.8 Å². The van der Waals surface area contributed by atoms with Gasteiger partial charge in [-0.2, -0.15) is 10.5 Å². The molecule has 1 aromatic heterocycles. The molecule has 0 atom stereocenters. The molecule has 1 aromatic carbocycles. The quantitative estimate of drug-likeness (QED) is 0.862. The van der Waals surface area contributed by atoms with Gasteiger partial charge in [0.2, 0.25) is 0 Å². The number of fused-ring (bicyclic) bond motifs is 1. The lowest BCUT2D eigenvalue weighted by Crippen LogP contribution is -2.03. The number of hydrogen-bond donors (Lipinski definition) is 1. The molecule has 1 heterocycles. The maximum absolute atomic E-state index is 9.55. The molecular formula is C20H16N4. The van der Waals surface area contributed by atoms with Crippen LogP contribution in [0.2, 0.25) is 0 Å². The molecule has 24 heavy (non-hydrogen) atoms. The number of benzene rings is 1. The summed E-state index contributed by atoms with van der Waals surface area (Å²) in [5.41, 5.74) is 13.0. The van der Waals surface area contributed by atoms with Crippen LogP contribution in [0, 0.1) is 36.5 Å². The van der Waals surface area contributed by atoms with Crippen molar-refractivity contribution in [2.45, 2.75) is 20.8 Å². The molecule has 0 amide bonds. The lowest BCUT2D eigenvalue weighted by Gasteiger charge is -2.11. The van der Waals surface area contributed by atoms with E-state index in [1.165, 1.54) is 0 Å². The van der Waals surface area contributed by atoms with E-state index in [9.17, 15) is 10.5 Å². The van der Waals surface area contributed by atoms with Crippen molar-refractivity contribution in [1.29, 1.82) is 10.5 Å². The third kappa shape index (κ3) is 2.17. The van der Waals surface area contributed by atoms with Crippen LogP contribution in [0.15, 0.2) is 29.8 Å². The van der Waals surface area contributed by atoms with Crippen molar-refractivity contribution in [2.75, 3.05) is 5.73 Å². The molecule has 0 aliphatic heterocycles. The van der Waals surface area contributed by atoms with Crippen molar-refractivity contribution in [2.24, 2.45) is 0 Å². The van der Waals surface area contributed by atoms with Gasteiger partial charge in [-0.3, -0.25) is 0 Å². The number of anilines is 1. The molecule has 4 heteroatoms. The second-order valence-corrected chi connectivity index (χ2v) is 5.86. The zero-order valence-corrected chi connectivity index (χ0v) is 13.8. The number of aryl methyl sites for hydroxylation is 1. The molecule has 116 valence electrons. The molecule has 0 spiro atoms. The fourth-order valence-electron chi connectivity index (χ4n) is 3.10. The Hall–Kier alpha value is -3.37. The van der Waals surface area contributed by atoms with E-state index in [1.807, 2.05) is 45.0 Å². The molecule has 3 rings (SSSR count). The highest BCUT2D eigenvalue weighted by Gasteiger charge is 2.29. The van der Waals surface area contributed by atoms with Gasteiger partial charge in [-0.05, 0) is 54.7 Å². The Morgan fingerprint density at radius 1 is 1.08 bits per heavy atom. The second kappa shape index (κ2) is 5.68. The first-order chi connectivity index (χ1) is 11.5. The summed E-state index contributed by atoms with van der Waals surface area (Å²) in [4.78, 5) is 4.34. The van der Waals surface area contributed by atoms with E-state index in [2.05, 4.69) is 23.2 Å². The molecule has 2 N–H and O–H groups in total. The van der Waals surface area contributed by atoms with Gasteiger partial charge in [0.15, 0.2) is 0 Å². The average molecular weight is 312 g/mol. The number of allylic oxidation sites excluding steroid dienone is 3. The van der Waals surface area contributed by atoms with Crippen LogP contribution in [0.25, 0.3) is 17.2 Å². The average Bonchev–Trinajstić information content (AvgIpc) is 2.81. The Bertz CT molecular complexity index is 1010. The highest BCUT2D eigenvalue weighted by molar-refractivity contribution is 6.08. The van der Waals surface area contributed by atoms with Crippen LogP contribution >= 0.6 is 0 Å². The number of rotatable bonds is 1. The zero-order valence-electron chi connectivity index (χ0n) is 13.8. The molecule has 0 fully saturated rings. The molecule has 1 aliphatic carbocycles. The predicted molar refractivity (Wildman–Crippen MR) is 95.4 cm³/mol. The van der Waals surface area contributed by atoms with Crippen LogP contribution < -0.4 is 5.73 Å². The van der Waals surface area contributed by atoms with Gasteiger partial charge in [-0.1, -0.05) is 24.3 Å². The van der Waals surface area contributed by atoms with E-state index in [4.69, 9.17) is 5.73 Å². The maximum atomic E-state index is 9.55. The van der Waals surface area contributed by atoms with E-state index in [1.54, 1.807) is 0 Å². The zero-order chi connectivity index (χ0) is 17.4. The maximum Gasteiger partial charge on any atom is 0.142 e. The number of nitrogens with zero attached hydrogens (tertiary/aromatic N) is 3. The van der Waals surface area contributed by atoms with Gasteiger partial charge >= 0.3 is 0 Å². The standard InChI is InChI=1S/C20H16N4/c1-11-6-4-5-7-14(11)8-15-12(2)16(9-21)19-18(15)13(3)17(10-22)20(23)24-19/h4-8H,1-3H3,(H2,23,24). The van der Waals surface area contributed by atoms with Gasteiger partial charge in [0.25, 0.3) is 0 Å². The summed E-state index contributed by atoms with van der Waals surface area (Å²) >= 11 is 0. The van der Waals surface area contributed by atoms with E-state index in [-0.39, 0.29) is 5.82 Å². The summed E-state index contributed by atoms with van der Waals surface area (Å²) in [5.74, 6) is 0.173. The van der Waals surface area contributed by atoms with Crippen LogP contribution in [0.5, 0.6) is 0 Å². The lowest BCUT2D eigenvalue weighted by atomic mass is 9.95. The molecule has 0 saturated carbocycles. The summed E-state index contributed by atoms with van der Waals surface area (Å²) in [5, 5.41) is 18.9. The van der Waals surface area contributed by atoms with Gasteiger partial charge in [-0.25, -0.2) is 4.98 Å². The molecule has 4 nitrogen and oxygen atoms in total. The minimum absolute atomic E-state index is 0.173. The van der Waals surface area contributed by atoms with Crippen LogP contribution in [0.1, 0.15) is 40.4 Å². The number of nitriles is 2. The smallest absolute Gasteiger partial charge is 0.142 e. The van der Waals surface area contributed by atoms with Gasteiger partial charge < -0.3 is 5.73 Å². The Balaban J connectivity index is 2.36. The molecule has 1 aliphatic rings.